The number of rotatable bonds is 4. The second-order valence-electron chi connectivity index (χ2n) is 5.82. The minimum absolute atomic E-state index is 0.00407. The van der Waals surface area contributed by atoms with Gasteiger partial charge in [-0.25, -0.2) is 4.98 Å². The molecule has 1 amide bonds. The minimum atomic E-state index is -0.630. The first-order valence-electron chi connectivity index (χ1n) is 8.00. The van der Waals surface area contributed by atoms with E-state index in [-0.39, 0.29) is 16.9 Å². The van der Waals surface area contributed by atoms with E-state index in [1.54, 1.807) is 0 Å². The van der Waals surface area contributed by atoms with Gasteiger partial charge in [0.1, 0.15) is 5.69 Å². The number of anilines is 2. The van der Waals surface area contributed by atoms with Crippen LogP contribution in [-0.4, -0.2) is 20.2 Å². The highest BCUT2D eigenvalue weighted by atomic mass is 16.6. The number of nitrogens with one attached hydrogen (secondary N) is 2. The third-order valence-electron chi connectivity index (χ3n) is 4.15. The Hall–Kier alpha value is -4.14. The summed E-state index contributed by atoms with van der Waals surface area (Å²) in [5, 5.41) is 11.0. The second-order valence-corrected chi connectivity index (χ2v) is 5.82. The quantitative estimate of drug-likeness (QED) is 0.291. The Morgan fingerprint density at radius 3 is 2.70 bits per heavy atom. The lowest BCUT2D eigenvalue weighted by Crippen LogP contribution is -2.30. The average Bonchev–Trinajstić information content (AvgIpc) is 3.16. The van der Waals surface area contributed by atoms with Gasteiger partial charge in [-0.2, -0.15) is 0 Å². The van der Waals surface area contributed by atoms with Crippen LogP contribution in [0.1, 0.15) is 10.4 Å². The third kappa shape index (κ3) is 2.86. The number of fused-ring (bicyclic) bond motifs is 3. The Balaban J connectivity index is 1.63. The summed E-state index contributed by atoms with van der Waals surface area (Å²) in [5.41, 5.74) is 13.1. The van der Waals surface area contributed by atoms with Crippen LogP contribution in [0, 0.1) is 10.1 Å². The Labute approximate surface area is 152 Å². The molecule has 2 heterocycles. The van der Waals surface area contributed by atoms with E-state index in [2.05, 4.69) is 15.8 Å². The van der Waals surface area contributed by atoms with Crippen LogP contribution in [0.2, 0.25) is 0 Å². The number of nitro groups is 1. The largest absolute Gasteiger partial charge is 0.393 e. The summed E-state index contributed by atoms with van der Waals surface area (Å²) in [4.78, 5) is 27.2. The maximum absolute atomic E-state index is 12.4. The SMILES string of the molecule is Nc1ccc(C(=O)NNc2nc3ccccc3n3cccc23)cc1[N+](=O)[O-]. The van der Waals surface area contributed by atoms with Crippen molar-refractivity contribution in [2.45, 2.75) is 0 Å². The van der Waals surface area contributed by atoms with Crippen molar-refractivity contribution in [3.05, 3.63) is 76.5 Å². The van der Waals surface area contributed by atoms with Gasteiger partial charge in [0.2, 0.25) is 0 Å². The molecule has 4 N–H and O–H groups in total. The van der Waals surface area contributed by atoms with Crippen LogP contribution in [-0.2, 0) is 0 Å². The number of nitrogens with two attached hydrogens (primary N) is 1. The zero-order chi connectivity index (χ0) is 19.0. The lowest BCUT2D eigenvalue weighted by atomic mass is 10.1. The number of hydrazine groups is 1. The number of amides is 1. The van der Waals surface area contributed by atoms with Crippen molar-refractivity contribution in [2.75, 3.05) is 11.2 Å². The fourth-order valence-corrected chi connectivity index (χ4v) is 2.85. The number of hydrogen-bond acceptors (Lipinski definition) is 6. The molecule has 0 saturated heterocycles. The molecule has 0 spiro atoms. The van der Waals surface area contributed by atoms with E-state index in [0.29, 0.717) is 5.82 Å². The van der Waals surface area contributed by atoms with Crippen molar-refractivity contribution in [2.24, 2.45) is 0 Å². The van der Waals surface area contributed by atoms with E-state index in [1.165, 1.54) is 12.1 Å². The molecule has 0 unspecified atom stereocenters. The molecule has 4 rings (SSSR count). The number of para-hydroxylation sites is 2. The molecular weight excluding hydrogens is 348 g/mol. The highest BCUT2D eigenvalue weighted by molar-refractivity contribution is 5.96. The molecule has 9 heteroatoms. The van der Waals surface area contributed by atoms with Gasteiger partial charge in [0.05, 0.1) is 21.5 Å². The number of nitrogen functional groups attached to an aromatic ring is 1. The van der Waals surface area contributed by atoms with Crippen LogP contribution >= 0.6 is 0 Å². The fraction of sp³-hybridized carbons (Fsp3) is 0. The number of aromatic nitrogens is 2. The molecule has 0 aliphatic carbocycles. The molecule has 27 heavy (non-hydrogen) atoms. The number of hydrogen-bond donors (Lipinski definition) is 3. The van der Waals surface area contributed by atoms with Crippen molar-refractivity contribution in [3.8, 4) is 0 Å². The number of carbonyl (C=O) groups is 1. The summed E-state index contributed by atoms with van der Waals surface area (Å²) in [6.07, 6.45) is 1.90. The van der Waals surface area contributed by atoms with E-state index in [4.69, 9.17) is 5.73 Å². The molecule has 0 radical (unpaired) electrons. The van der Waals surface area contributed by atoms with Gasteiger partial charge in [-0.3, -0.25) is 25.8 Å². The zero-order valence-electron chi connectivity index (χ0n) is 13.9. The highest BCUT2D eigenvalue weighted by Gasteiger charge is 2.16. The van der Waals surface area contributed by atoms with Gasteiger partial charge in [0, 0.05) is 17.8 Å². The topological polar surface area (TPSA) is 128 Å². The molecule has 9 nitrogen and oxygen atoms in total. The summed E-state index contributed by atoms with van der Waals surface area (Å²) in [5.74, 6) is -0.0882. The lowest BCUT2D eigenvalue weighted by Gasteiger charge is -2.11. The van der Waals surface area contributed by atoms with Crippen molar-refractivity contribution >= 4 is 39.6 Å². The monoisotopic (exact) mass is 362 g/mol. The van der Waals surface area contributed by atoms with Crippen LogP contribution in [0.25, 0.3) is 16.6 Å². The molecule has 134 valence electrons. The molecule has 0 saturated carbocycles. The molecule has 0 atom stereocenters. The predicted molar refractivity (Wildman–Crippen MR) is 101 cm³/mol. The first-order valence-corrected chi connectivity index (χ1v) is 8.00. The Kier molecular flexibility index (Phi) is 3.81. The summed E-state index contributed by atoms with van der Waals surface area (Å²) in [7, 11) is 0. The van der Waals surface area contributed by atoms with Gasteiger partial charge in [-0.1, -0.05) is 12.1 Å². The first kappa shape index (κ1) is 16.3. The standard InChI is InChI=1S/C18H14N6O3/c19-12-8-7-11(10-16(12)24(26)27)18(25)22-21-17-15-6-3-9-23(15)14-5-2-1-4-13(14)20-17/h1-10H,19H2,(H,20,21)(H,22,25). The first-order chi connectivity index (χ1) is 13.0. The molecule has 4 aromatic rings. The highest BCUT2D eigenvalue weighted by Crippen LogP contribution is 2.23. The molecule has 0 bridgehead atoms. The molecule has 2 aromatic carbocycles. The summed E-state index contributed by atoms with van der Waals surface area (Å²) >= 11 is 0. The molecule has 0 aliphatic rings. The summed E-state index contributed by atoms with van der Waals surface area (Å²) < 4.78 is 1.95. The van der Waals surface area contributed by atoms with Crippen molar-refractivity contribution in [3.63, 3.8) is 0 Å². The smallest absolute Gasteiger partial charge is 0.292 e. The van der Waals surface area contributed by atoms with Gasteiger partial charge in [-0.15, -0.1) is 0 Å². The van der Waals surface area contributed by atoms with Crippen LogP contribution in [0.3, 0.4) is 0 Å². The third-order valence-corrected chi connectivity index (χ3v) is 4.15. The Morgan fingerprint density at radius 2 is 1.89 bits per heavy atom. The van der Waals surface area contributed by atoms with Crippen LogP contribution in [0.4, 0.5) is 17.2 Å². The maximum Gasteiger partial charge on any atom is 0.292 e. The number of benzene rings is 2. The molecule has 0 fully saturated rings. The van der Waals surface area contributed by atoms with Gasteiger partial charge in [-0.05, 0) is 36.4 Å². The van der Waals surface area contributed by atoms with E-state index in [0.717, 1.165) is 22.6 Å². The van der Waals surface area contributed by atoms with Crippen molar-refractivity contribution < 1.29 is 9.72 Å². The summed E-state index contributed by atoms with van der Waals surface area (Å²) in [6, 6.07) is 15.2. The van der Waals surface area contributed by atoms with Crippen LogP contribution < -0.4 is 16.6 Å². The number of nitro benzene ring substituents is 1. The van der Waals surface area contributed by atoms with E-state index in [1.807, 2.05) is 47.0 Å². The predicted octanol–water partition coefficient (Wildman–Crippen LogP) is 2.73. The van der Waals surface area contributed by atoms with E-state index < -0.39 is 10.8 Å². The van der Waals surface area contributed by atoms with Gasteiger partial charge < -0.3 is 10.1 Å². The zero-order valence-corrected chi connectivity index (χ0v) is 13.9. The summed E-state index contributed by atoms with van der Waals surface area (Å²) in [6.45, 7) is 0. The van der Waals surface area contributed by atoms with Crippen LogP contribution in [0.15, 0.2) is 60.8 Å². The molecule has 2 aromatic heterocycles. The van der Waals surface area contributed by atoms with E-state index in [9.17, 15) is 14.9 Å². The van der Waals surface area contributed by atoms with E-state index >= 15 is 0 Å². The van der Waals surface area contributed by atoms with Crippen molar-refractivity contribution in [1.82, 2.24) is 14.8 Å². The fourth-order valence-electron chi connectivity index (χ4n) is 2.85. The maximum atomic E-state index is 12.4. The van der Waals surface area contributed by atoms with Crippen molar-refractivity contribution in [1.29, 1.82) is 0 Å². The average molecular weight is 362 g/mol. The van der Waals surface area contributed by atoms with Crippen LogP contribution in [0.5, 0.6) is 0 Å². The number of nitrogens with zero attached hydrogens (tertiary/aromatic N) is 3. The Morgan fingerprint density at radius 1 is 1.11 bits per heavy atom. The van der Waals surface area contributed by atoms with Gasteiger partial charge in [0.15, 0.2) is 5.82 Å². The Bertz CT molecular complexity index is 1200. The lowest BCUT2D eigenvalue weighted by molar-refractivity contribution is -0.383. The molecular formula is C18H14N6O3. The second kappa shape index (κ2) is 6.30. The van der Waals surface area contributed by atoms with Gasteiger partial charge >= 0.3 is 0 Å². The normalized spacial score (nSPS) is 10.8. The minimum Gasteiger partial charge on any atom is -0.393 e. The number of carbonyl (C=O) groups excluding carboxylic acids is 1. The van der Waals surface area contributed by atoms with Gasteiger partial charge in [0.25, 0.3) is 11.6 Å². The molecule has 0 aliphatic heterocycles.